The molecule has 2 amide bonds. The van der Waals surface area contributed by atoms with Gasteiger partial charge in [-0.25, -0.2) is 9.59 Å². The zero-order chi connectivity index (χ0) is 24.4. The molecular weight excluding hydrogens is 450 g/mol. The third kappa shape index (κ3) is 4.37. The van der Waals surface area contributed by atoms with Crippen molar-refractivity contribution in [3.63, 3.8) is 0 Å². The lowest BCUT2D eigenvalue weighted by molar-refractivity contribution is -0.143. The number of nitrogens with zero attached hydrogens (tertiary/aromatic N) is 2. The van der Waals surface area contributed by atoms with E-state index in [-0.39, 0.29) is 30.3 Å². The number of hydrogen-bond acceptors (Lipinski definition) is 6. The van der Waals surface area contributed by atoms with Crippen molar-refractivity contribution in [3.8, 4) is 11.1 Å². The number of amides is 2. The number of rotatable bonds is 6. The quantitative estimate of drug-likeness (QED) is 0.556. The van der Waals surface area contributed by atoms with Crippen LogP contribution in [0.1, 0.15) is 52.4 Å². The standard InChI is InChI=1S/C26H25N3O6/c30-24(29-12-6-5-11-23(29)25(31)32)21-15-35-28-22(21)13-27-26(33)34-14-20-18-9-3-1-7-16(18)17-8-2-4-10-19(17)20/h1-4,7-10,15,20,23H,5-6,11-14H2,(H,27,33)(H,31,32)/t23-/m0/s1. The lowest BCUT2D eigenvalue weighted by Gasteiger charge is -2.32. The molecule has 9 heteroatoms. The van der Waals surface area contributed by atoms with E-state index in [0.29, 0.717) is 13.0 Å². The van der Waals surface area contributed by atoms with Gasteiger partial charge in [0.05, 0.1) is 6.54 Å². The monoisotopic (exact) mass is 475 g/mol. The molecule has 180 valence electrons. The lowest BCUT2D eigenvalue weighted by Crippen LogP contribution is -2.48. The van der Waals surface area contributed by atoms with Crippen molar-refractivity contribution in [2.75, 3.05) is 13.2 Å². The first-order valence-electron chi connectivity index (χ1n) is 11.6. The molecule has 0 radical (unpaired) electrons. The largest absolute Gasteiger partial charge is 0.480 e. The maximum absolute atomic E-state index is 13.0. The van der Waals surface area contributed by atoms with Crippen LogP contribution in [-0.4, -0.2) is 52.3 Å². The molecule has 1 aliphatic heterocycles. The Kier molecular flexibility index (Phi) is 6.22. The second-order valence-electron chi connectivity index (χ2n) is 8.70. The highest BCUT2D eigenvalue weighted by atomic mass is 16.5. The summed E-state index contributed by atoms with van der Waals surface area (Å²) in [5.74, 6) is -1.57. The van der Waals surface area contributed by atoms with Crippen molar-refractivity contribution in [1.82, 2.24) is 15.4 Å². The maximum Gasteiger partial charge on any atom is 0.407 e. The van der Waals surface area contributed by atoms with Crippen LogP contribution in [0.15, 0.2) is 59.3 Å². The molecule has 5 rings (SSSR count). The molecule has 2 aliphatic rings. The smallest absolute Gasteiger partial charge is 0.407 e. The predicted molar refractivity (Wildman–Crippen MR) is 125 cm³/mol. The summed E-state index contributed by atoms with van der Waals surface area (Å²) in [7, 11) is 0. The third-order valence-electron chi connectivity index (χ3n) is 6.67. The van der Waals surface area contributed by atoms with Crippen LogP contribution < -0.4 is 5.32 Å². The van der Waals surface area contributed by atoms with Gasteiger partial charge in [-0.15, -0.1) is 0 Å². The molecule has 3 aromatic rings. The number of carboxylic acid groups (broad SMARTS) is 1. The fourth-order valence-electron chi connectivity index (χ4n) is 4.95. The van der Waals surface area contributed by atoms with Crippen LogP contribution in [0, 0.1) is 0 Å². The number of likely N-dealkylation sites (tertiary alicyclic amines) is 1. The van der Waals surface area contributed by atoms with Crippen molar-refractivity contribution in [2.24, 2.45) is 0 Å². The van der Waals surface area contributed by atoms with Gasteiger partial charge in [-0.05, 0) is 41.5 Å². The molecule has 1 aliphatic carbocycles. The van der Waals surface area contributed by atoms with Crippen molar-refractivity contribution < 1.29 is 28.8 Å². The Labute approximate surface area is 201 Å². The van der Waals surface area contributed by atoms with E-state index >= 15 is 0 Å². The van der Waals surface area contributed by atoms with E-state index in [1.54, 1.807) is 0 Å². The SMILES string of the molecule is O=C(NCc1nocc1C(=O)N1CCCC[C@H]1C(=O)O)OCC1c2ccccc2-c2ccccc21. The van der Waals surface area contributed by atoms with Crippen LogP contribution in [0.2, 0.25) is 0 Å². The van der Waals surface area contributed by atoms with Crippen LogP contribution in [0.25, 0.3) is 11.1 Å². The number of hydrogen-bond donors (Lipinski definition) is 2. The summed E-state index contributed by atoms with van der Waals surface area (Å²) < 4.78 is 10.5. The maximum atomic E-state index is 13.0. The number of carboxylic acids is 1. The molecule has 0 spiro atoms. The Balaban J connectivity index is 1.21. The van der Waals surface area contributed by atoms with E-state index in [0.717, 1.165) is 35.1 Å². The minimum atomic E-state index is -1.03. The number of nitrogens with one attached hydrogen (secondary N) is 1. The summed E-state index contributed by atoms with van der Waals surface area (Å²) in [5, 5.41) is 15.9. The van der Waals surface area contributed by atoms with Crippen LogP contribution in [0.3, 0.4) is 0 Å². The first-order chi connectivity index (χ1) is 17.0. The molecular formula is C26H25N3O6. The Hall–Kier alpha value is -4.14. The third-order valence-corrected chi connectivity index (χ3v) is 6.67. The van der Waals surface area contributed by atoms with Gasteiger partial charge in [0.2, 0.25) is 0 Å². The number of aliphatic carboxylic acids is 1. The van der Waals surface area contributed by atoms with Gasteiger partial charge in [0.1, 0.15) is 30.2 Å². The molecule has 0 bridgehead atoms. The fourth-order valence-corrected chi connectivity index (χ4v) is 4.95. The van der Waals surface area contributed by atoms with E-state index in [9.17, 15) is 19.5 Å². The highest BCUT2D eigenvalue weighted by Gasteiger charge is 2.34. The van der Waals surface area contributed by atoms with Gasteiger partial charge in [-0.3, -0.25) is 4.79 Å². The minimum absolute atomic E-state index is 0.0654. The molecule has 0 saturated carbocycles. The molecule has 1 fully saturated rings. The van der Waals surface area contributed by atoms with Crippen LogP contribution in [0.5, 0.6) is 0 Å². The second-order valence-corrected chi connectivity index (χ2v) is 8.70. The zero-order valence-corrected chi connectivity index (χ0v) is 19.0. The van der Waals surface area contributed by atoms with Crippen LogP contribution in [0.4, 0.5) is 4.79 Å². The average Bonchev–Trinajstić information content (AvgIpc) is 3.48. The Morgan fingerprint density at radius 3 is 2.43 bits per heavy atom. The number of carbonyl (C=O) groups is 3. The topological polar surface area (TPSA) is 122 Å². The van der Waals surface area contributed by atoms with E-state index in [1.807, 2.05) is 36.4 Å². The molecule has 1 atom stereocenters. The number of piperidine rings is 1. The van der Waals surface area contributed by atoms with Gasteiger partial charge in [0, 0.05) is 12.5 Å². The first-order valence-corrected chi connectivity index (χ1v) is 11.6. The average molecular weight is 476 g/mol. The summed E-state index contributed by atoms with van der Waals surface area (Å²) >= 11 is 0. The van der Waals surface area contributed by atoms with Gasteiger partial charge >= 0.3 is 12.1 Å². The number of carbonyl (C=O) groups excluding carboxylic acids is 2. The fraction of sp³-hybridized carbons (Fsp3) is 0.308. The summed E-state index contributed by atoms with van der Waals surface area (Å²) in [6.45, 7) is 0.429. The van der Waals surface area contributed by atoms with Gasteiger partial charge < -0.3 is 24.6 Å². The Bertz CT molecular complexity index is 1220. The van der Waals surface area contributed by atoms with Crippen molar-refractivity contribution >= 4 is 18.0 Å². The van der Waals surface area contributed by atoms with Gasteiger partial charge in [-0.2, -0.15) is 0 Å². The molecule has 2 heterocycles. The van der Waals surface area contributed by atoms with E-state index in [2.05, 4.69) is 22.6 Å². The second kappa shape index (κ2) is 9.61. The number of ether oxygens (including phenoxy) is 1. The molecule has 1 aromatic heterocycles. The molecule has 2 aromatic carbocycles. The normalized spacial score (nSPS) is 16.9. The van der Waals surface area contributed by atoms with E-state index < -0.39 is 24.0 Å². The van der Waals surface area contributed by atoms with Gasteiger partial charge in [-0.1, -0.05) is 53.7 Å². The van der Waals surface area contributed by atoms with E-state index in [4.69, 9.17) is 9.26 Å². The highest BCUT2D eigenvalue weighted by molar-refractivity contribution is 5.97. The van der Waals surface area contributed by atoms with Crippen molar-refractivity contribution in [3.05, 3.63) is 77.2 Å². The number of aromatic nitrogens is 1. The summed E-state index contributed by atoms with van der Waals surface area (Å²) in [5.41, 5.74) is 4.86. The molecule has 0 unspecified atom stereocenters. The molecule has 1 saturated heterocycles. The highest BCUT2D eigenvalue weighted by Crippen LogP contribution is 2.44. The zero-order valence-electron chi connectivity index (χ0n) is 19.0. The summed E-state index contributed by atoms with van der Waals surface area (Å²) in [6.07, 6.45) is 2.42. The number of benzene rings is 2. The number of fused-ring (bicyclic) bond motifs is 3. The summed E-state index contributed by atoms with van der Waals surface area (Å²) in [4.78, 5) is 38.4. The number of alkyl carbamates (subject to hydrolysis) is 1. The molecule has 35 heavy (non-hydrogen) atoms. The first kappa shape index (κ1) is 22.6. The van der Waals surface area contributed by atoms with Crippen LogP contribution in [-0.2, 0) is 16.1 Å². The lowest BCUT2D eigenvalue weighted by atomic mass is 9.98. The molecule has 9 nitrogen and oxygen atoms in total. The summed E-state index contributed by atoms with van der Waals surface area (Å²) in [6, 6.07) is 15.3. The Morgan fingerprint density at radius 1 is 1.06 bits per heavy atom. The van der Waals surface area contributed by atoms with E-state index in [1.165, 1.54) is 11.2 Å². The molecule has 2 N–H and O–H groups in total. The minimum Gasteiger partial charge on any atom is -0.480 e. The van der Waals surface area contributed by atoms with Gasteiger partial charge in [0.15, 0.2) is 0 Å². The predicted octanol–water partition coefficient (Wildman–Crippen LogP) is 3.79. The van der Waals surface area contributed by atoms with Crippen molar-refractivity contribution in [1.29, 1.82) is 0 Å². The van der Waals surface area contributed by atoms with Crippen molar-refractivity contribution in [2.45, 2.75) is 37.8 Å². The van der Waals surface area contributed by atoms with Gasteiger partial charge in [0.25, 0.3) is 5.91 Å². The van der Waals surface area contributed by atoms with Crippen LogP contribution >= 0.6 is 0 Å². The Morgan fingerprint density at radius 2 is 1.74 bits per heavy atom.